The van der Waals surface area contributed by atoms with E-state index in [4.69, 9.17) is 15.0 Å². The van der Waals surface area contributed by atoms with Gasteiger partial charge in [0.05, 0.1) is 24.6 Å². The van der Waals surface area contributed by atoms with Gasteiger partial charge in [-0.25, -0.2) is 0 Å². The van der Waals surface area contributed by atoms with E-state index >= 15 is 0 Å². The molecule has 5 unspecified atom stereocenters. The predicted molar refractivity (Wildman–Crippen MR) is 319 cm³/mol. The van der Waals surface area contributed by atoms with Gasteiger partial charge in [-0.1, -0.05) is 31.9 Å². The first-order valence-electron chi connectivity index (χ1n) is 25.7. The van der Waals surface area contributed by atoms with Gasteiger partial charge in [-0.3, -0.25) is 18.6 Å². The molecule has 0 bridgehead atoms. The summed E-state index contributed by atoms with van der Waals surface area (Å²) in [6.07, 6.45) is 5.17. The van der Waals surface area contributed by atoms with Gasteiger partial charge in [0.1, 0.15) is 0 Å². The molecule has 4 aromatic rings. The van der Waals surface area contributed by atoms with Crippen molar-refractivity contribution in [3.63, 3.8) is 0 Å². The SMILES string of the molecule is CC(=O)Nc1ccc(N2CCC(N(C)C)C2)cc1.CC(=O)Nc1ccc(N2CCC(O)C2)cc1.CC(=O)Nc1ccc(N2CCC(OS(C)(=O)=O)C2)cc1.CN(C)C1CCN(c2ccc(N)cc2)C1.OC(CBr)CCBr. The van der Waals surface area contributed by atoms with E-state index in [1.54, 1.807) is 0 Å². The number of carbonyl (C=O) groups is 3. The molecule has 4 aliphatic heterocycles. The molecule has 7 N–H and O–H groups in total. The monoisotopic (exact) mass is 1200 g/mol. The van der Waals surface area contributed by atoms with Gasteiger partial charge in [-0.15, -0.1) is 0 Å². The van der Waals surface area contributed by atoms with Gasteiger partial charge >= 0.3 is 0 Å². The van der Waals surface area contributed by atoms with E-state index in [0.29, 0.717) is 36.9 Å². The van der Waals surface area contributed by atoms with Gasteiger partial charge in [0, 0.05) is 141 Å². The maximum atomic E-state index is 11.1. The Morgan fingerprint density at radius 3 is 1.24 bits per heavy atom. The second-order valence-electron chi connectivity index (χ2n) is 19.8. The first-order valence-corrected chi connectivity index (χ1v) is 29.8. The largest absolute Gasteiger partial charge is 0.399 e. The number of benzene rings is 4. The lowest BCUT2D eigenvalue weighted by atomic mass is 10.2. The molecule has 4 fully saturated rings. The summed E-state index contributed by atoms with van der Waals surface area (Å²) in [5.74, 6) is -0.207. The number of rotatable bonds is 14. The van der Waals surface area contributed by atoms with Gasteiger partial charge in [0.15, 0.2) is 0 Å². The highest BCUT2D eigenvalue weighted by molar-refractivity contribution is 9.09. The van der Waals surface area contributed by atoms with Crippen molar-refractivity contribution < 1.29 is 37.2 Å². The minimum atomic E-state index is -3.41. The number of hydrogen-bond acceptors (Lipinski definition) is 15. The maximum absolute atomic E-state index is 11.1. The Hall–Kier alpha value is -5.00. The molecule has 0 radical (unpaired) electrons. The summed E-state index contributed by atoms with van der Waals surface area (Å²) in [7, 11) is 5.16. The number of nitrogens with zero attached hydrogens (tertiary/aromatic N) is 6. The van der Waals surface area contributed by atoms with Crippen LogP contribution in [0, 0.1) is 0 Å². The molecular formula is C55H82Br2N10O8S. The van der Waals surface area contributed by atoms with Crippen molar-refractivity contribution in [3.8, 4) is 0 Å². The van der Waals surface area contributed by atoms with E-state index in [0.717, 1.165) is 97.8 Å². The van der Waals surface area contributed by atoms with E-state index in [1.807, 2.05) is 72.8 Å². The topological polar surface area (TPSA) is 217 Å². The van der Waals surface area contributed by atoms with Gasteiger partial charge in [-0.05, 0) is 157 Å². The third-order valence-electron chi connectivity index (χ3n) is 12.9. The number of aliphatic hydroxyl groups excluding tert-OH is 2. The fourth-order valence-corrected chi connectivity index (χ4v) is 10.3. The number of likely N-dealkylation sites (N-methyl/N-ethyl adjacent to an activating group) is 2. The van der Waals surface area contributed by atoms with Gasteiger partial charge in [0.2, 0.25) is 17.7 Å². The molecule has 420 valence electrons. The number of amides is 3. The highest BCUT2D eigenvalue weighted by Crippen LogP contribution is 2.27. The van der Waals surface area contributed by atoms with Crippen LogP contribution in [0.1, 0.15) is 52.9 Å². The molecule has 8 rings (SSSR count). The summed E-state index contributed by atoms with van der Waals surface area (Å²) >= 11 is 6.35. The van der Waals surface area contributed by atoms with Crippen LogP contribution in [0.3, 0.4) is 0 Å². The number of alkyl halides is 2. The summed E-state index contributed by atoms with van der Waals surface area (Å²) in [6, 6.07) is 32.6. The molecule has 4 aromatic carbocycles. The van der Waals surface area contributed by atoms with Crippen molar-refractivity contribution in [2.45, 2.75) is 83.3 Å². The van der Waals surface area contributed by atoms with Crippen LogP contribution in [-0.4, -0.2) is 174 Å². The van der Waals surface area contributed by atoms with E-state index in [-0.39, 0.29) is 36.0 Å². The van der Waals surface area contributed by atoms with Crippen LogP contribution in [0.25, 0.3) is 0 Å². The zero-order chi connectivity index (χ0) is 56.0. The summed E-state index contributed by atoms with van der Waals surface area (Å²) in [5.41, 5.74) is 13.5. The van der Waals surface area contributed by atoms with E-state index < -0.39 is 10.1 Å². The third kappa shape index (κ3) is 23.3. The number of hydrogen-bond donors (Lipinski definition) is 6. The number of aliphatic hydroxyl groups is 2. The molecule has 4 heterocycles. The lowest BCUT2D eigenvalue weighted by Crippen LogP contribution is -2.31. The van der Waals surface area contributed by atoms with Crippen molar-refractivity contribution in [3.05, 3.63) is 97.1 Å². The zero-order valence-corrected chi connectivity index (χ0v) is 49.5. The van der Waals surface area contributed by atoms with Crippen molar-refractivity contribution in [2.75, 3.05) is 139 Å². The molecule has 0 saturated carbocycles. The second kappa shape index (κ2) is 32.0. The molecule has 4 aliphatic rings. The molecule has 4 saturated heterocycles. The molecule has 76 heavy (non-hydrogen) atoms. The Labute approximate surface area is 468 Å². The Kier molecular flexibility index (Phi) is 26.8. The Morgan fingerprint density at radius 2 is 0.947 bits per heavy atom. The first-order chi connectivity index (χ1) is 36.0. The standard InChI is InChI=1S/C14H21N3O.C13H18N2O4S.C12H19N3.C12H16N2O2.C4H8Br2O/c1-11(18)15-12-4-6-13(7-5-12)17-9-8-14(10-17)16(2)3;1-10(16)14-11-3-5-12(6-4-11)15-8-7-13(9-15)19-20(2,17)18;1-14(2)12-7-8-15(9-12)11-5-3-10(13)4-6-11;1-9(15)13-10-2-4-11(5-3-10)14-7-6-12(16)8-14;5-2-1-4(7)3-6/h4-7,14H,8-10H2,1-3H3,(H,15,18);3-6,13H,7-9H2,1-2H3,(H,14,16);3-6,12H,7-9,13H2,1-2H3;2-5,12,16H,6-8H2,1H3,(H,13,15);4,7H,1-3H2. The van der Waals surface area contributed by atoms with Crippen LogP contribution in [0.2, 0.25) is 0 Å². The van der Waals surface area contributed by atoms with Crippen LogP contribution in [0.4, 0.5) is 45.5 Å². The minimum absolute atomic E-state index is 0.0309. The molecule has 3 amide bonds. The average Bonchev–Trinajstić information content (AvgIpc) is 4.22. The number of nitrogens with two attached hydrogens (primary N) is 1. The highest BCUT2D eigenvalue weighted by Gasteiger charge is 2.27. The minimum Gasteiger partial charge on any atom is -0.399 e. The zero-order valence-electron chi connectivity index (χ0n) is 45.5. The van der Waals surface area contributed by atoms with E-state index in [2.05, 4.69) is 130 Å². The fourth-order valence-electron chi connectivity index (χ4n) is 8.83. The van der Waals surface area contributed by atoms with Crippen molar-refractivity contribution in [1.82, 2.24) is 9.80 Å². The first kappa shape index (κ1) is 63.5. The lowest BCUT2D eigenvalue weighted by Gasteiger charge is -2.22. The number of carbonyl (C=O) groups excluding carboxylic acids is 3. The molecule has 0 aliphatic carbocycles. The van der Waals surface area contributed by atoms with Crippen LogP contribution in [0.15, 0.2) is 97.1 Å². The summed E-state index contributed by atoms with van der Waals surface area (Å²) in [5, 5.41) is 28.0. The van der Waals surface area contributed by atoms with Crippen molar-refractivity contribution >= 4 is 105 Å². The van der Waals surface area contributed by atoms with E-state index in [9.17, 15) is 27.9 Å². The number of nitrogens with one attached hydrogen (secondary N) is 3. The third-order valence-corrected chi connectivity index (χ3v) is 14.8. The molecule has 0 aromatic heterocycles. The molecule has 0 spiro atoms. The van der Waals surface area contributed by atoms with Crippen LogP contribution >= 0.6 is 31.9 Å². The average molecular weight is 1200 g/mol. The van der Waals surface area contributed by atoms with Crippen molar-refractivity contribution in [1.29, 1.82) is 0 Å². The molecule has 21 heteroatoms. The maximum Gasteiger partial charge on any atom is 0.264 e. The quantitative estimate of drug-likeness (QED) is 0.0421. The van der Waals surface area contributed by atoms with Gasteiger partial charge in [-0.2, -0.15) is 8.42 Å². The van der Waals surface area contributed by atoms with E-state index in [1.165, 1.54) is 45.0 Å². The molecule has 5 atom stereocenters. The predicted octanol–water partition coefficient (Wildman–Crippen LogP) is 7.14. The van der Waals surface area contributed by atoms with Gasteiger partial charge in [0.25, 0.3) is 10.1 Å². The van der Waals surface area contributed by atoms with Crippen LogP contribution in [-0.2, 0) is 28.7 Å². The Morgan fingerprint density at radius 1 is 0.605 bits per heavy atom. The second-order valence-corrected chi connectivity index (χ2v) is 22.9. The highest BCUT2D eigenvalue weighted by atomic mass is 79.9. The normalized spacial score (nSPS) is 19.3. The van der Waals surface area contributed by atoms with Crippen LogP contribution in [0.5, 0.6) is 0 Å². The van der Waals surface area contributed by atoms with Crippen LogP contribution < -0.4 is 41.3 Å². The summed E-state index contributed by atoms with van der Waals surface area (Å²) in [6.45, 7) is 11.8. The number of anilines is 8. The summed E-state index contributed by atoms with van der Waals surface area (Å²) in [4.78, 5) is 46.3. The van der Waals surface area contributed by atoms with Gasteiger partial charge < -0.3 is 61.3 Å². The molecular weight excluding hydrogens is 1120 g/mol. The smallest absolute Gasteiger partial charge is 0.264 e. The lowest BCUT2D eigenvalue weighted by molar-refractivity contribution is -0.115. The van der Waals surface area contributed by atoms with Crippen molar-refractivity contribution in [2.24, 2.45) is 0 Å². The fraction of sp³-hybridized carbons (Fsp3) is 0.509. The number of β-amino-alcohol motifs (C(OH)–C–C–N with tert-alkyl or cyclic N) is 1. The number of halogens is 2. The Bertz CT molecular complexity index is 2480. The summed E-state index contributed by atoms with van der Waals surface area (Å²) < 4.78 is 27.2. The Balaban J connectivity index is 0.000000211. The number of nitrogen functional groups attached to an aromatic ring is 1. The molecule has 18 nitrogen and oxygen atoms in total.